The lowest BCUT2D eigenvalue weighted by Crippen LogP contribution is -1.93. The van der Waals surface area contributed by atoms with Crippen molar-refractivity contribution in [1.29, 1.82) is 5.26 Å². The summed E-state index contributed by atoms with van der Waals surface area (Å²) in [4.78, 5) is 10.8. The van der Waals surface area contributed by atoms with E-state index in [9.17, 15) is 10.1 Å². The van der Waals surface area contributed by atoms with Crippen molar-refractivity contribution < 1.29 is 10.0 Å². The van der Waals surface area contributed by atoms with Gasteiger partial charge in [-0.1, -0.05) is 0 Å². The molecule has 0 aliphatic heterocycles. The van der Waals surface area contributed by atoms with Gasteiger partial charge in [0.15, 0.2) is 0 Å². The Bertz CT molecular complexity index is 429. The summed E-state index contributed by atoms with van der Waals surface area (Å²) < 4.78 is 0. The molecule has 6 heteroatoms. The zero-order valence-electron chi connectivity index (χ0n) is 8.42. The van der Waals surface area contributed by atoms with Crippen LogP contribution in [0.15, 0.2) is 23.1 Å². The molecule has 1 N–H and O–H groups in total. The van der Waals surface area contributed by atoms with Crippen LogP contribution in [0.4, 0.5) is 5.69 Å². The van der Waals surface area contributed by atoms with Crippen LogP contribution in [0.1, 0.15) is 12.0 Å². The Labute approximate surface area is 96.9 Å². The summed E-state index contributed by atoms with van der Waals surface area (Å²) in [5.74, 6) is 0.614. The number of benzene rings is 1. The second-order valence-corrected chi connectivity index (χ2v) is 4.11. The molecule has 16 heavy (non-hydrogen) atoms. The number of nitro groups is 1. The number of aliphatic hydroxyl groups excluding tert-OH is 1. The van der Waals surface area contributed by atoms with Gasteiger partial charge in [-0.2, -0.15) is 5.26 Å². The molecule has 1 rings (SSSR count). The molecule has 0 saturated heterocycles. The summed E-state index contributed by atoms with van der Waals surface area (Å²) in [7, 11) is 0. The van der Waals surface area contributed by atoms with Gasteiger partial charge in [0.1, 0.15) is 0 Å². The fourth-order valence-electron chi connectivity index (χ4n) is 1.10. The van der Waals surface area contributed by atoms with E-state index in [2.05, 4.69) is 0 Å². The van der Waals surface area contributed by atoms with Gasteiger partial charge < -0.3 is 5.11 Å². The minimum absolute atomic E-state index is 0.0537. The van der Waals surface area contributed by atoms with Gasteiger partial charge in [0, 0.05) is 18.4 Å². The Balaban J connectivity index is 2.91. The molecule has 0 aromatic heterocycles. The summed E-state index contributed by atoms with van der Waals surface area (Å²) in [5.41, 5.74) is 0.222. The van der Waals surface area contributed by atoms with Crippen LogP contribution in [0.2, 0.25) is 0 Å². The van der Waals surface area contributed by atoms with E-state index in [1.54, 1.807) is 12.1 Å². The third-order valence-electron chi connectivity index (χ3n) is 1.84. The van der Waals surface area contributed by atoms with Crippen molar-refractivity contribution >= 4 is 17.4 Å². The van der Waals surface area contributed by atoms with Crippen molar-refractivity contribution in [3.63, 3.8) is 0 Å². The number of nitrogens with zero attached hydrogens (tertiary/aromatic N) is 2. The smallest absolute Gasteiger partial charge is 0.284 e. The van der Waals surface area contributed by atoms with Gasteiger partial charge in [-0.05, 0) is 18.6 Å². The van der Waals surface area contributed by atoms with E-state index < -0.39 is 4.92 Å². The third-order valence-corrected chi connectivity index (χ3v) is 2.99. The molecule has 1 aromatic carbocycles. The highest BCUT2D eigenvalue weighted by molar-refractivity contribution is 7.99. The number of hydrogen-bond donors (Lipinski definition) is 1. The van der Waals surface area contributed by atoms with E-state index in [1.807, 2.05) is 6.07 Å². The number of aliphatic hydroxyl groups is 1. The lowest BCUT2D eigenvalue weighted by molar-refractivity contribution is -0.387. The molecule has 0 unspecified atom stereocenters. The predicted molar refractivity (Wildman–Crippen MR) is 60.2 cm³/mol. The third kappa shape index (κ3) is 3.22. The Kier molecular flexibility index (Phi) is 4.76. The molecule has 0 aliphatic rings. The van der Waals surface area contributed by atoms with Crippen molar-refractivity contribution in [2.75, 3.05) is 12.4 Å². The van der Waals surface area contributed by atoms with Gasteiger partial charge in [-0.3, -0.25) is 10.1 Å². The van der Waals surface area contributed by atoms with E-state index in [4.69, 9.17) is 10.4 Å². The number of rotatable bonds is 5. The normalized spacial score (nSPS) is 9.75. The number of thioether (sulfide) groups is 1. The Morgan fingerprint density at radius 3 is 2.88 bits per heavy atom. The van der Waals surface area contributed by atoms with Crippen LogP contribution in [-0.4, -0.2) is 22.4 Å². The molecule has 0 radical (unpaired) electrons. The van der Waals surface area contributed by atoms with E-state index in [1.165, 1.54) is 17.8 Å². The lowest BCUT2D eigenvalue weighted by atomic mass is 10.2. The van der Waals surface area contributed by atoms with E-state index in [-0.39, 0.29) is 17.9 Å². The average Bonchev–Trinajstić information content (AvgIpc) is 2.29. The molecule has 0 fully saturated rings. The first-order valence-corrected chi connectivity index (χ1v) is 5.60. The molecular formula is C10H10N2O3S. The zero-order valence-corrected chi connectivity index (χ0v) is 9.24. The number of nitriles is 1. The van der Waals surface area contributed by atoms with Gasteiger partial charge in [-0.25, -0.2) is 0 Å². The molecule has 0 bridgehead atoms. The maximum Gasteiger partial charge on any atom is 0.284 e. The van der Waals surface area contributed by atoms with Crippen molar-refractivity contribution in [1.82, 2.24) is 0 Å². The van der Waals surface area contributed by atoms with Gasteiger partial charge in [0.2, 0.25) is 0 Å². The minimum Gasteiger partial charge on any atom is -0.396 e. The quantitative estimate of drug-likeness (QED) is 0.366. The van der Waals surface area contributed by atoms with Crippen LogP contribution in [0.25, 0.3) is 0 Å². The van der Waals surface area contributed by atoms with Crippen LogP contribution in [0, 0.1) is 21.4 Å². The van der Waals surface area contributed by atoms with Crippen molar-refractivity contribution in [3.8, 4) is 6.07 Å². The standard InChI is InChI=1S/C10H10N2O3S/c11-7-8-2-3-10(16-5-1-4-13)9(6-8)12(14)15/h2-3,6,13H,1,4-5H2. The van der Waals surface area contributed by atoms with Gasteiger partial charge >= 0.3 is 0 Å². The highest BCUT2D eigenvalue weighted by Gasteiger charge is 2.14. The number of hydrogen-bond acceptors (Lipinski definition) is 5. The maximum atomic E-state index is 10.8. The lowest BCUT2D eigenvalue weighted by Gasteiger charge is -2.02. The fraction of sp³-hybridized carbons (Fsp3) is 0.300. The first-order chi connectivity index (χ1) is 7.69. The molecule has 0 saturated carbocycles. The van der Waals surface area contributed by atoms with Gasteiger partial charge in [0.25, 0.3) is 5.69 Å². The van der Waals surface area contributed by atoms with Crippen molar-refractivity contribution in [3.05, 3.63) is 33.9 Å². The van der Waals surface area contributed by atoms with Gasteiger partial charge in [-0.15, -0.1) is 11.8 Å². The van der Waals surface area contributed by atoms with Crippen LogP contribution in [0.5, 0.6) is 0 Å². The SMILES string of the molecule is N#Cc1ccc(SCCCO)c([N+](=O)[O-])c1. The summed E-state index contributed by atoms with van der Waals surface area (Å²) in [6.45, 7) is 0.0665. The van der Waals surface area contributed by atoms with Crippen molar-refractivity contribution in [2.24, 2.45) is 0 Å². The van der Waals surface area contributed by atoms with Gasteiger partial charge in [0.05, 0.1) is 21.5 Å². The highest BCUT2D eigenvalue weighted by Crippen LogP contribution is 2.30. The molecule has 84 valence electrons. The Morgan fingerprint density at radius 1 is 1.56 bits per heavy atom. The average molecular weight is 238 g/mol. The molecule has 1 aromatic rings. The largest absolute Gasteiger partial charge is 0.396 e. The minimum atomic E-state index is -0.498. The zero-order chi connectivity index (χ0) is 12.0. The summed E-state index contributed by atoms with van der Waals surface area (Å²) in [6, 6.07) is 6.25. The van der Waals surface area contributed by atoms with Crippen LogP contribution >= 0.6 is 11.8 Å². The first-order valence-electron chi connectivity index (χ1n) is 4.61. The maximum absolute atomic E-state index is 10.8. The van der Waals surface area contributed by atoms with E-state index in [0.717, 1.165) is 0 Å². The number of nitro benzene ring substituents is 1. The van der Waals surface area contributed by atoms with E-state index in [0.29, 0.717) is 17.1 Å². The molecule has 5 nitrogen and oxygen atoms in total. The van der Waals surface area contributed by atoms with Crippen LogP contribution < -0.4 is 0 Å². The summed E-state index contributed by atoms with van der Waals surface area (Å²) in [6.07, 6.45) is 0.585. The first kappa shape index (κ1) is 12.5. The fourth-order valence-corrected chi connectivity index (χ4v) is 2.04. The second-order valence-electron chi connectivity index (χ2n) is 2.98. The van der Waals surface area contributed by atoms with E-state index >= 15 is 0 Å². The molecule has 0 aliphatic carbocycles. The Hall–Kier alpha value is -1.58. The second kappa shape index (κ2) is 6.10. The molecule has 0 heterocycles. The topological polar surface area (TPSA) is 87.2 Å². The predicted octanol–water partition coefficient (Wildman–Crippen LogP) is 1.94. The molecule has 0 spiro atoms. The Morgan fingerprint density at radius 2 is 2.31 bits per heavy atom. The molecule has 0 atom stereocenters. The molecular weight excluding hydrogens is 228 g/mol. The monoisotopic (exact) mass is 238 g/mol. The van der Waals surface area contributed by atoms with Crippen molar-refractivity contribution in [2.45, 2.75) is 11.3 Å². The van der Waals surface area contributed by atoms with Crippen LogP contribution in [-0.2, 0) is 0 Å². The highest BCUT2D eigenvalue weighted by atomic mass is 32.2. The summed E-state index contributed by atoms with van der Waals surface area (Å²) in [5, 5.41) is 28.0. The molecule has 0 amide bonds. The van der Waals surface area contributed by atoms with Crippen LogP contribution in [0.3, 0.4) is 0 Å². The summed E-state index contributed by atoms with van der Waals surface area (Å²) >= 11 is 1.31.